The van der Waals surface area contributed by atoms with Gasteiger partial charge in [0.25, 0.3) is 5.56 Å². The Morgan fingerprint density at radius 3 is 3.04 bits per heavy atom. The fraction of sp³-hybridized carbons (Fsp3) is 0.400. The monoisotopic (exact) mass is 380 g/mol. The first kappa shape index (κ1) is 16.6. The molecule has 1 aromatic carbocycles. The average Bonchev–Trinajstić information content (AvgIpc) is 3.25. The minimum absolute atomic E-state index is 0.0723. The van der Waals surface area contributed by atoms with E-state index in [1.165, 1.54) is 15.1 Å². The lowest BCUT2D eigenvalue weighted by molar-refractivity contribution is -0.119. The predicted octanol–water partition coefficient (Wildman–Crippen LogP) is 2.57. The van der Waals surface area contributed by atoms with E-state index in [-0.39, 0.29) is 18.0 Å². The summed E-state index contributed by atoms with van der Waals surface area (Å²) in [7, 11) is 0. The van der Waals surface area contributed by atoms with Crippen molar-refractivity contribution in [1.29, 1.82) is 0 Å². The zero-order valence-electron chi connectivity index (χ0n) is 15.1. The average molecular weight is 380 g/mol. The molecular formula is C20H20N4O2S. The summed E-state index contributed by atoms with van der Waals surface area (Å²) in [4.78, 5) is 29.6. The third kappa shape index (κ3) is 2.68. The molecule has 0 unspecified atom stereocenters. The van der Waals surface area contributed by atoms with Gasteiger partial charge in [0.2, 0.25) is 5.91 Å². The SMILES string of the molecule is C[C@H]1CCc2c(sc3nnn(CC(=O)N4CCc5ccccc54)c(=O)c23)C1. The molecule has 0 saturated carbocycles. The molecule has 3 aromatic rings. The molecule has 27 heavy (non-hydrogen) atoms. The van der Waals surface area contributed by atoms with Crippen LogP contribution in [0.5, 0.6) is 0 Å². The molecule has 1 atom stereocenters. The first-order valence-electron chi connectivity index (χ1n) is 9.38. The second kappa shape index (κ2) is 6.27. The van der Waals surface area contributed by atoms with Crippen LogP contribution in [0.3, 0.4) is 0 Å². The van der Waals surface area contributed by atoms with Gasteiger partial charge >= 0.3 is 0 Å². The molecule has 1 amide bonds. The second-order valence-electron chi connectivity index (χ2n) is 7.51. The van der Waals surface area contributed by atoms with Crippen molar-refractivity contribution in [2.75, 3.05) is 11.4 Å². The van der Waals surface area contributed by atoms with Crippen molar-refractivity contribution in [2.24, 2.45) is 5.92 Å². The van der Waals surface area contributed by atoms with Gasteiger partial charge in [-0.05, 0) is 48.8 Å². The molecule has 6 nitrogen and oxygen atoms in total. The van der Waals surface area contributed by atoms with E-state index in [9.17, 15) is 9.59 Å². The van der Waals surface area contributed by atoms with Crippen molar-refractivity contribution in [2.45, 2.75) is 39.2 Å². The Morgan fingerprint density at radius 2 is 2.15 bits per heavy atom. The molecule has 0 N–H and O–H groups in total. The van der Waals surface area contributed by atoms with Crippen LogP contribution in [0, 0.1) is 5.92 Å². The highest BCUT2D eigenvalue weighted by molar-refractivity contribution is 7.18. The minimum Gasteiger partial charge on any atom is -0.310 e. The van der Waals surface area contributed by atoms with Gasteiger partial charge in [0.1, 0.15) is 6.54 Å². The Hall–Kier alpha value is -2.54. The zero-order chi connectivity index (χ0) is 18.5. The van der Waals surface area contributed by atoms with E-state index < -0.39 is 0 Å². The first-order chi connectivity index (χ1) is 13.1. The van der Waals surface area contributed by atoms with E-state index >= 15 is 0 Å². The number of fused-ring (bicyclic) bond motifs is 4. The minimum atomic E-state index is -0.187. The molecule has 1 aliphatic heterocycles. The predicted molar refractivity (Wildman–Crippen MR) is 105 cm³/mol. The standard InChI is InChI=1S/C20H20N4O2S/c1-12-6-7-14-16(10-12)27-19-18(14)20(26)24(22-21-19)11-17(25)23-9-8-13-4-2-3-5-15(13)23/h2-5,12H,6-11H2,1H3/t12-/m0/s1. The number of nitrogens with zero attached hydrogens (tertiary/aromatic N) is 4. The fourth-order valence-corrected chi connectivity index (χ4v) is 5.52. The summed E-state index contributed by atoms with van der Waals surface area (Å²) in [5.74, 6) is 0.519. The van der Waals surface area contributed by atoms with Crippen LogP contribution in [0.4, 0.5) is 5.69 Å². The Balaban J connectivity index is 1.49. The molecule has 0 spiro atoms. The second-order valence-corrected chi connectivity index (χ2v) is 8.59. The molecular weight excluding hydrogens is 360 g/mol. The zero-order valence-corrected chi connectivity index (χ0v) is 16.0. The van der Waals surface area contributed by atoms with Crippen LogP contribution in [0.15, 0.2) is 29.1 Å². The Kier molecular flexibility index (Phi) is 3.86. The highest BCUT2D eigenvalue weighted by Gasteiger charge is 2.27. The topological polar surface area (TPSA) is 68.1 Å². The van der Waals surface area contributed by atoms with Crippen LogP contribution in [0.2, 0.25) is 0 Å². The largest absolute Gasteiger partial charge is 0.310 e. The Bertz CT molecular complexity index is 1120. The highest BCUT2D eigenvalue weighted by Crippen LogP contribution is 2.35. The van der Waals surface area contributed by atoms with Crippen molar-refractivity contribution in [3.8, 4) is 0 Å². The Labute approximate surface area is 160 Å². The molecule has 0 fully saturated rings. The molecule has 1 aliphatic carbocycles. The number of benzene rings is 1. The van der Waals surface area contributed by atoms with Gasteiger partial charge in [-0.25, -0.2) is 4.68 Å². The van der Waals surface area contributed by atoms with Crippen molar-refractivity contribution in [1.82, 2.24) is 15.0 Å². The molecule has 0 saturated heterocycles. The molecule has 3 heterocycles. The lowest BCUT2D eigenvalue weighted by atomic mass is 9.89. The quantitative estimate of drug-likeness (QED) is 0.685. The van der Waals surface area contributed by atoms with Crippen LogP contribution in [0.1, 0.15) is 29.3 Å². The van der Waals surface area contributed by atoms with Crippen LogP contribution in [0.25, 0.3) is 10.2 Å². The van der Waals surface area contributed by atoms with Crippen LogP contribution in [-0.2, 0) is 30.6 Å². The van der Waals surface area contributed by atoms with Gasteiger partial charge < -0.3 is 4.90 Å². The summed E-state index contributed by atoms with van der Waals surface area (Å²) in [6.45, 7) is 2.81. The van der Waals surface area contributed by atoms with Gasteiger partial charge in [0.05, 0.1) is 5.39 Å². The van der Waals surface area contributed by atoms with E-state index in [1.807, 2.05) is 24.3 Å². The van der Waals surface area contributed by atoms with Crippen molar-refractivity contribution in [3.63, 3.8) is 0 Å². The maximum absolute atomic E-state index is 13.0. The van der Waals surface area contributed by atoms with Crippen LogP contribution in [-0.4, -0.2) is 27.4 Å². The van der Waals surface area contributed by atoms with Gasteiger partial charge in [0, 0.05) is 17.1 Å². The third-order valence-corrected chi connectivity index (χ3v) is 6.80. The molecule has 5 rings (SSSR count). The van der Waals surface area contributed by atoms with Crippen molar-refractivity contribution < 1.29 is 4.79 Å². The number of hydrogen-bond donors (Lipinski definition) is 0. The van der Waals surface area contributed by atoms with E-state index in [0.29, 0.717) is 22.7 Å². The van der Waals surface area contributed by atoms with Crippen molar-refractivity contribution >= 4 is 33.1 Å². The summed E-state index contributed by atoms with van der Waals surface area (Å²) < 4.78 is 1.23. The highest BCUT2D eigenvalue weighted by atomic mass is 32.1. The lowest BCUT2D eigenvalue weighted by Crippen LogP contribution is -2.37. The van der Waals surface area contributed by atoms with E-state index in [2.05, 4.69) is 17.2 Å². The first-order valence-corrected chi connectivity index (χ1v) is 10.2. The van der Waals surface area contributed by atoms with Crippen molar-refractivity contribution in [3.05, 3.63) is 50.6 Å². The molecule has 0 bridgehead atoms. The van der Waals surface area contributed by atoms with Gasteiger partial charge in [0.15, 0.2) is 4.83 Å². The van der Waals surface area contributed by atoms with E-state index in [0.717, 1.165) is 36.9 Å². The normalized spacial score (nSPS) is 18.6. The lowest BCUT2D eigenvalue weighted by Gasteiger charge is -2.18. The molecule has 2 aromatic heterocycles. The number of amides is 1. The Morgan fingerprint density at radius 1 is 1.30 bits per heavy atom. The summed E-state index contributed by atoms with van der Waals surface area (Å²) in [6, 6.07) is 7.91. The third-order valence-electron chi connectivity index (χ3n) is 5.66. The number of anilines is 1. The summed E-state index contributed by atoms with van der Waals surface area (Å²) in [5, 5.41) is 8.98. The van der Waals surface area contributed by atoms with E-state index in [4.69, 9.17) is 0 Å². The number of para-hydroxylation sites is 1. The number of rotatable bonds is 2. The van der Waals surface area contributed by atoms with E-state index in [1.54, 1.807) is 16.2 Å². The number of hydrogen-bond acceptors (Lipinski definition) is 5. The van der Waals surface area contributed by atoms with Gasteiger partial charge in [-0.3, -0.25) is 9.59 Å². The number of thiophene rings is 1. The smallest absolute Gasteiger partial charge is 0.279 e. The summed E-state index contributed by atoms with van der Waals surface area (Å²) in [5.41, 5.74) is 3.04. The van der Waals surface area contributed by atoms with Gasteiger partial charge in [-0.2, -0.15) is 0 Å². The fourth-order valence-electron chi connectivity index (χ4n) is 4.21. The summed E-state index contributed by atoms with van der Waals surface area (Å²) >= 11 is 1.58. The summed E-state index contributed by atoms with van der Waals surface area (Å²) in [6.07, 6.45) is 3.84. The van der Waals surface area contributed by atoms with Crippen LogP contribution >= 0.6 is 11.3 Å². The van der Waals surface area contributed by atoms with Gasteiger partial charge in [-0.1, -0.05) is 30.3 Å². The molecule has 138 valence electrons. The van der Waals surface area contributed by atoms with Crippen LogP contribution < -0.4 is 10.5 Å². The number of carbonyl (C=O) groups is 1. The number of aromatic nitrogens is 3. The molecule has 7 heteroatoms. The number of carbonyl (C=O) groups excluding carboxylic acids is 1. The maximum atomic E-state index is 13.0. The van der Waals surface area contributed by atoms with Gasteiger partial charge in [-0.15, -0.1) is 16.4 Å². The molecule has 0 radical (unpaired) electrons. The number of aryl methyl sites for hydroxylation is 1. The molecule has 2 aliphatic rings. The maximum Gasteiger partial charge on any atom is 0.279 e.